The molecule has 1 saturated heterocycles. The number of thiophene rings is 2. The third-order valence-electron chi connectivity index (χ3n) is 3.93. The number of piperazine rings is 1. The molecule has 1 aliphatic heterocycles. The molecule has 0 radical (unpaired) electrons. The lowest BCUT2D eigenvalue weighted by molar-refractivity contribution is -0.132. The first-order valence-electron chi connectivity index (χ1n) is 7.46. The van der Waals surface area contributed by atoms with Crippen LogP contribution in [0.25, 0.3) is 0 Å². The molecule has 2 aromatic rings. The topological polar surface area (TPSA) is 43.8 Å². The van der Waals surface area contributed by atoms with Crippen LogP contribution < -0.4 is 0 Å². The van der Waals surface area contributed by atoms with E-state index in [0.29, 0.717) is 13.0 Å². The summed E-state index contributed by atoms with van der Waals surface area (Å²) in [6.07, 6.45) is 0.0866. The average Bonchev–Trinajstić information content (AvgIpc) is 3.21. The van der Waals surface area contributed by atoms with Gasteiger partial charge in [0.15, 0.2) is 0 Å². The first-order valence-corrected chi connectivity index (χ1v) is 9.22. The summed E-state index contributed by atoms with van der Waals surface area (Å²) < 4.78 is 0. The first-order chi connectivity index (χ1) is 10.7. The molecule has 1 N–H and O–H groups in total. The van der Waals surface area contributed by atoms with Gasteiger partial charge in [0.2, 0.25) is 5.91 Å². The van der Waals surface area contributed by atoms with E-state index >= 15 is 0 Å². The monoisotopic (exact) mass is 336 g/mol. The lowest BCUT2D eigenvalue weighted by Gasteiger charge is -2.35. The summed E-state index contributed by atoms with van der Waals surface area (Å²) in [6, 6.07) is 7.92. The highest BCUT2D eigenvalue weighted by molar-refractivity contribution is 7.10. The van der Waals surface area contributed by atoms with E-state index in [-0.39, 0.29) is 5.91 Å². The molecule has 22 heavy (non-hydrogen) atoms. The van der Waals surface area contributed by atoms with Gasteiger partial charge in [0, 0.05) is 42.5 Å². The largest absolute Gasteiger partial charge is 0.386 e. The Morgan fingerprint density at radius 2 is 1.86 bits per heavy atom. The van der Waals surface area contributed by atoms with Crippen LogP contribution in [0.1, 0.15) is 15.9 Å². The zero-order valence-electron chi connectivity index (χ0n) is 12.4. The zero-order chi connectivity index (χ0) is 15.4. The fourth-order valence-corrected chi connectivity index (χ4v) is 4.07. The predicted molar refractivity (Wildman–Crippen MR) is 90.3 cm³/mol. The quantitative estimate of drug-likeness (QED) is 0.911. The van der Waals surface area contributed by atoms with Gasteiger partial charge in [-0.05, 0) is 22.9 Å². The normalized spacial score (nSPS) is 17.6. The van der Waals surface area contributed by atoms with Gasteiger partial charge in [0.05, 0.1) is 6.42 Å². The Hall–Kier alpha value is -1.21. The first kappa shape index (κ1) is 15.7. The van der Waals surface area contributed by atoms with Gasteiger partial charge in [-0.1, -0.05) is 12.1 Å². The van der Waals surface area contributed by atoms with Crippen LogP contribution in [0.4, 0.5) is 0 Å². The summed E-state index contributed by atoms with van der Waals surface area (Å²) in [5, 5.41) is 14.2. The minimum absolute atomic E-state index is 0.209. The number of amides is 1. The second-order valence-electron chi connectivity index (χ2n) is 5.47. The van der Waals surface area contributed by atoms with Gasteiger partial charge in [-0.3, -0.25) is 9.69 Å². The van der Waals surface area contributed by atoms with Crippen molar-refractivity contribution in [2.45, 2.75) is 12.5 Å². The maximum absolute atomic E-state index is 12.2. The molecule has 118 valence electrons. The lowest BCUT2D eigenvalue weighted by atomic mass is 10.2. The zero-order valence-corrected chi connectivity index (χ0v) is 14.0. The Morgan fingerprint density at radius 3 is 2.50 bits per heavy atom. The van der Waals surface area contributed by atoms with Crippen LogP contribution in [0.5, 0.6) is 0 Å². The molecule has 2 aromatic heterocycles. The number of hydrogen-bond donors (Lipinski definition) is 1. The van der Waals surface area contributed by atoms with Gasteiger partial charge in [-0.15, -0.1) is 22.7 Å². The van der Waals surface area contributed by atoms with Crippen LogP contribution in [-0.4, -0.2) is 53.5 Å². The minimum Gasteiger partial charge on any atom is -0.386 e. The molecule has 0 saturated carbocycles. The van der Waals surface area contributed by atoms with Crippen molar-refractivity contribution in [3.8, 4) is 0 Å². The molecular weight excluding hydrogens is 316 g/mol. The molecule has 1 atom stereocenters. The van der Waals surface area contributed by atoms with Crippen molar-refractivity contribution < 1.29 is 9.90 Å². The summed E-state index contributed by atoms with van der Waals surface area (Å²) in [6.45, 7) is 3.81. The SMILES string of the molecule is O=C(Cc1cccs1)N1CCN(C[C@H](O)c2cccs2)CC1. The Kier molecular flexibility index (Phi) is 5.25. The highest BCUT2D eigenvalue weighted by atomic mass is 32.1. The average molecular weight is 336 g/mol. The predicted octanol–water partition coefficient (Wildman–Crippen LogP) is 2.23. The van der Waals surface area contributed by atoms with Crippen molar-refractivity contribution in [3.05, 3.63) is 44.8 Å². The molecule has 0 aliphatic carbocycles. The molecular formula is C16H20N2O2S2. The second kappa shape index (κ2) is 7.37. The molecule has 1 aliphatic rings. The van der Waals surface area contributed by atoms with E-state index in [9.17, 15) is 9.90 Å². The fraction of sp³-hybridized carbons (Fsp3) is 0.438. The molecule has 6 heteroatoms. The van der Waals surface area contributed by atoms with Crippen LogP contribution >= 0.6 is 22.7 Å². The Labute approximate surface area is 138 Å². The maximum Gasteiger partial charge on any atom is 0.227 e. The number of rotatable bonds is 5. The smallest absolute Gasteiger partial charge is 0.227 e. The van der Waals surface area contributed by atoms with Gasteiger partial charge >= 0.3 is 0 Å². The minimum atomic E-state index is -0.423. The standard InChI is InChI=1S/C16H20N2O2S2/c19-14(15-4-2-10-22-15)12-17-5-7-18(8-6-17)16(20)11-13-3-1-9-21-13/h1-4,9-10,14,19H,5-8,11-12H2/t14-/m0/s1. The van der Waals surface area contributed by atoms with Crippen LogP contribution in [0.15, 0.2) is 35.0 Å². The third kappa shape index (κ3) is 3.95. The van der Waals surface area contributed by atoms with Crippen LogP contribution in [0, 0.1) is 0 Å². The molecule has 0 aromatic carbocycles. The number of β-amino-alcohol motifs (C(OH)–C–C–N with tert-alkyl or cyclic N) is 1. The molecule has 1 amide bonds. The van der Waals surface area contributed by atoms with Gasteiger partial charge in [-0.25, -0.2) is 0 Å². The summed E-state index contributed by atoms with van der Waals surface area (Å²) in [5.41, 5.74) is 0. The van der Waals surface area contributed by atoms with E-state index in [1.54, 1.807) is 22.7 Å². The second-order valence-corrected chi connectivity index (χ2v) is 7.48. The summed E-state index contributed by atoms with van der Waals surface area (Å²) in [7, 11) is 0. The van der Waals surface area contributed by atoms with Gasteiger partial charge in [-0.2, -0.15) is 0 Å². The number of nitrogens with zero attached hydrogens (tertiary/aromatic N) is 2. The highest BCUT2D eigenvalue weighted by Crippen LogP contribution is 2.20. The van der Waals surface area contributed by atoms with E-state index in [1.807, 2.05) is 39.9 Å². The van der Waals surface area contributed by atoms with Crippen molar-refractivity contribution in [1.82, 2.24) is 9.80 Å². The molecule has 0 bridgehead atoms. The summed E-state index contributed by atoms with van der Waals surface area (Å²) >= 11 is 3.22. The number of aliphatic hydroxyl groups is 1. The fourth-order valence-electron chi connectivity index (χ4n) is 2.67. The van der Waals surface area contributed by atoms with Crippen LogP contribution in [0.3, 0.4) is 0 Å². The lowest BCUT2D eigenvalue weighted by Crippen LogP contribution is -2.49. The van der Waals surface area contributed by atoms with E-state index in [4.69, 9.17) is 0 Å². The van der Waals surface area contributed by atoms with Crippen molar-refractivity contribution in [2.24, 2.45) is 0 Å². The van der Waals surface area contributed by atoms with Crippen molar-refractivity contribution >= 4 is 28.6 Å². The Morgan fingerprint density at radius 1 is 1.14 bits per heavy atom. The van der Waals surface area contributed by atoms with Crippen LogP contribution in [0.2, 0.25) is 0 Å². The molecule has 1 fully saturated rings. The number of carbonyl (C=O) groups is 1. The Balaban J connectivity index is 1.45. The summed E-state index contributed by atoms with van der Waals surface area (Å²) in [5.74, 6) is 0.209. The highest BCUT2D eigenvalue weighted by Gasteiger charge is 2.23. The molecule has 4 nitrogen and oxygen atoms in total. The van der Waals surface area contributed by atoms with E-state index in [2.05, 4.69) is 4.90 Å². The van der Waals surface area contributed by atoms with Gasteiger partial charge in [0.1, 0.15) is 6.10 Å². The Bertz CT molecular complexity index is 575. The van der Waals surface area contributed by atoms with Crippen LogP contribution in [-0.2, 0) is 11.2 Å². The third-order valence-corrected chi connectivity index (χ3v) is 5.78. The van der Waals surface area contributed by atoms with Gasteiger partial charge < -0.3 is 10.0 Å². The molecule has 0 unspecified atom stereocenters. The van der Waals surface area contributed by atoms with E-state index in [1.165, 1.54) is 0 Å². The molecule has 0 spiro atoms. The number of carbonyl (C=O) groups excluding carboxylic acids is 1. The number of aliphatic hydroxyl groups excluding tert-OH is 1. The molecule has 3 rings (SSSR count). The molecule has 3 heterocycles. The summed E-state index contributed by atoms with van der Waals surface area (Å²) in [4.78, 5) is 18.6. The van der Waals surface area contributed by atoms with Crippen molar-refractivity contribution in [1.29, 1.82) is 0 Å². The number of hydrogen-bond acceptors (Lipinski definition) is 5. The van der Waals surface area contributed by atoms with Crippen molar-refractivity contribution in [3.63, 3.8) is 0 Å². The maximum atomic E-state index is 12.2. The van der Waals surface area contributed by atoms with Gasteiger partial charge in [0.25, 0.3) is 0 Å². The van der Waals surface area contributed by atoms with E-state index in [0.717, 1.165) is 35.9 Å². The van der Waals surface area contributed by atoms with Crippen molar-refractivity contribution in [2.75, 3.05) is 32.7 Å². The van der Waals surface area contributed by atoms with E-state index < -0.39 is 6.10 Å².